The van der Waals surface area contributed by atoms with Gasteiger partial charge in [-0.15, -0.1) is 0 Å². The topological polar surface area (TPSA) is 37.4 Å². The number of rotatable bonds is 5. The summed E-state index contributed by atoms with van der Waals surface area (Å²) in [6.07, 6.45) is 4.15. The molecule has 1 rings (SSSR count). The molecule has 1 aliphatic heterocycles. The van der Waals surface area contributed by atoms with Crippen LogP contribution in [0.15, 0.2) is 0 Å². The molecule has 3 nitrogen and oxygen atoms in total. The van der Waals surface area contributed by atoms with Crippen LogP contribution in [-0.2, 0) is 9.36 Å². The number of hydrogen-bond donors (Lipinski definition) is 0. The Morgan fingerprint density at radius 3 is 2.31 bits per heavy atom. The average molecular weight is 245 g/mol. The van der Waals surface area contributed by atoms with Crippen molar-refractivity contribution >= 4 is 13.6 Å². The lowest BCUT2D eigenvalue weighted by Crippen LogP contribution is -2.36. The van der Waals surface area contributed by atoms with Crippen molar-refractivity contribution in [3.8, 4) is 0 Å². The van der Waals surface area contributed by atoms with Gasteiger partial charge in [-0.3, -0.25) is 0 Å². The highest BCUT2D eigenvalue weighted by atomic mass is 31.2. The standard InChI is InChI=1S/C12H24NO2P/c1-10(2)13(11(3)4)16(15)9-5-6-12(16)7-8-14/h8,10-12H,5-7,9H2,1-4H3. The molecule has 1 saturated heterocycles. The maximum absolute atomic E-state index is 13.1. The summed E-state index contributed by atoms with van der Waals surface area (Å²) in [6.45, 7) is 8.37. The normalized spacial score (nSPS) is 30.6. The van der Waals surface area contributed by atoms with Gasteiger partial charge in [-0.2, -0.15) is 0 Å². The fourth-order valence-electron chi connectivity index (χ4n) is 3.01. The number of carbonyl (C=O) groups excluding carboxylic acids is 1. The van der Waals surface area contributed by atoms with E-state index in [0.717, 1.165) is 25.3 Å². The van der Waals surface area contributed by atoms with Crippen LogP contribution in [0, 0.1) is 0 Å². The molecule has 1 aliphatic rings. The zero-order valence-electron chi connectivity index (χ0n) is 10.8. The molecule has 0 aromatic carbocycles. The molecule has 0 N–H and O–H groups in total. The van der Waals surface area contributed by atoms with Gasteiger partial charge >= 0.3 is 0 Å². The zero-order chi connectivity index (χ0) is 12.3. The molecule has 0 radical (unpaired) electrons. The third-order valence-corrected chi connectivity index (χ3v) is 7.68. The van der Waals surface area contributed by atoms with Crippen molar-refractivity contribution in [2.45, 2.75) is 64.7 Å². The molecular weight excluding hydrogens is 221 g/mol. The van der Waals surface area contributed by atoms with E-state index in [9.17, 15) is 9.36 Å². The first-order valence-electron chi connectivity index (χ1n) is 6.24. The molecular formula is C12H24NO2P. The lowest BCUT2D eigenvalue weighted by molar-refractivity contribution is -0.107. The molecule has 0 aliphatic carbocycles. The Labute approximate surface area is 99.0 Å². The van der Waals surface area contributed by atoms with Gasteiger partial charge in [0.25, 0.3) is 0 Å². The summed E-state index contributed by atoms with van der Waals surface area (Å²) >= 11 is 0. The molecule has 0 spiro atoms. The summed E-state index contributed by atoms with van der Waals surface area (Å²) in [6, 6.07) is 0.580. The monoisotopic (exact) mass is 245 g/mol. The predicted molar refractivity (Wildman–Crippen MR) is 68.3 cm³/mol. The van der Waals surface area contributed by atoms with E-state index >= 15 is 0 Å². The summed E-state index contributed by atoms with van der Waals surface area (Å²) < 4.78 is 15.2. The lowest BCUT2D eigenvalue weighted by atomic mass is 10.2. The summed E-state index contributed by atoms with van der Waals surface area (Å²) in [5, 5.41) is 0. The minimum absolute atomic E-state index is 0.106. The second kappa shape index (κ2) is 5.46. The predicted octanol–water partition coefficient (Wildman–Crippen LogP) is 3.13. The molecule has 0 aromatic rings. The highest BCUT2D eigenvalue weighted by molar-refractivity contribution is 7.62. The average Bonchev–Trinajstić information content (AvgIpc) is 2.47. The highest BCUT2D eigenvalue weighted by Crippen LogP contribution is 2.63. The largest absolute Gasteiger partial charge is 0.306 e. The van der Waals surface area contributed by atoms with Crippen LogP contribution in [0.2, 0.25) is 0 Å². The number of carbonyl (C=O) groups is 1. The minimum Gasteiger partial charge on any atom is -0.306 e. The number of aldehydes is 1. The van der Waals surface area contributed by atoms with E-state index in [0.29, 0.717) is 6.42 Å². The first-order chi connectivity index (χ1) is 7.43. The zero-order valence-corrected chi connectivity index (χ0v) is 11.7. The van der Waals surface area contributed by atoms with Gasteiger partial charge < -0.3 is 9.36 Å². The molecule has 0 aromatic heterocycles. The van der Waals surface area contributed by atoms with Crippen LogP contribution in [-0.4, -0.2) is 34.9 Å². The van der Waals surface area contributed by atoms with E-state index in [1.54, 1.807) is 0 Å². The Morgan fingerprint density at radius 2 is 1.88 bits per heavy atom. The van der Waals surface area contributed by atoms with Gasteiger partial charge in [0, 0.05) is 30.3 Å². The fourth-order valence-corrected chi connectivity index (χ4v) is 7.19. The van der Waals surface area contributed by atoms with Crippen molar-refractivity contribution in [1.29, 1.82) is 0 Å². The van der Waals surface area contributed by atoms with Crippen molar-refractivity contribution in [2.24, 2.45) is 0 Å². The van der Waals surface area contributed by atoms with Crippen molar-refractivity contribution in [3.63, 3.8) is 0 Å². The van der Waals surface area contributed by atoms with E-state index in [1.165, 1.54) is 0 Å². The molecule has 4 heteroatoms. The van der Waals surface area contributed by atoms with Gasteiger partial charge in [0.15, 0.2) is 7.29 Å². The second-order valence-electron chi connectivity index (χ2n) is 5.25. The van der Waals surface area contributed by atoms with E-state index in [1.807, 2.05) is 0 Å². The number of nitrogens with zero attached hydrogens (tertiary/aromatic N) is 1. The van der Waals surface area contributed by atoms with Crippen LogP contribution in [0.5, 0.6) is 0 Å². The Morgan fingerprint density at radius 1 is 1.31 bits per heavy atom. The molecule has 2 unspecified atom stereocenters. The van der Waals surface area contributed by atoms with Crippen LogP contribution < -0.4 is 0 Å². The minimum atomic E-state index is -2.32. The van der Waals surface area contributed by atoms with Crippen LogP contribution >= 0.6 is 7.29 Å². The van der Waals surface area contributed by atoms with Gasteiger partial charge in [0.05, 0.1) is 0 Å². The molecule has 16 heavy (non-hydrogen) atoms. The summed E-state index contributed by atoms with van der Waals surface area (Å²) in [7, 11) is -2.32. The van der Waals surface area contributed by atoms with Gasteiger partial charge in [-0.25, -0.2) is 4.67 Å². The SMILES string of the molecule is CC(C)N(C(C)C)P1(=O)CCCC1CC=O. The van der Waals surface area contributed by atoms with Crippen LogP contribution in [0.25, 0.3) is 0 Å². The molecule has 1 fully saturated rings. The maximum Gasteiger partial charge on any atom is 0.154 e. The second-order valence-corrected chi connectivity index (χ2v) is 8.40. The Bertz CT molecular complexity index is 281. The molecule has 0 amide bonds. The van der Waals surface area contributed by atoms with Gasteiger partial charge in [0.2, 0.25) is 0 Å². The lowest BCUT2D eigenvalue weighted by Gasteiger charge is -2.38. The summed E-state index contributed by atoms with van der Waals surface area (Å²) in [5.74, 6) is 0. The summed E-state index contributed by atoms with van der Waals surface area (Å²) in [5.41, 5.74) is 0.106. The first-order valence-corrected chi connectivity index (χ1v) is 8.16. The Hall–Kier alpha value is -0.140. The van der Waals surface area contributed by atoms with Gasteiger partial charge in [0.1, 0.15) is 6.29 Å². The first kappa shape index (κ1) is 13.9. The van der Waals surface area contributed by atoms with E-state index in [-0.39, 0.29) is 17.7 Å². The van der Waals surface area contributed by atoms with Crippen molar-refractivity contribution in [1.82, 2.24) is 4.67 Å². The third kappa shape index (κ3) is 2.57. The fraction of sp³-hybridized carbons (Fsp3) is 0.917. The Kier molecular flexibility index (Phi) is 4.75. The van der Waals surface area contributed by atoms with E-state index in [4.69, 9.17) is 0 Å². The molecule has 2 atom stereocenters. The van der Waals surface area contributed by atoms with Crippen LogP contribution in [0.1, 0.15) is 47.0 Å². The number of hydrogen-bond acceptors (Lipinski definition) is 2. The van der Waals surface area contributed by atoms with E-state index in [2.05, 4.69) is 32.4 Å². The maximum atomic E-state index is 13.1. The van der Waals surface area contributed by atoms with Crippen LogP contribution in [0.4, 0.5) is 0 Å². The van der Waals surface area contributed by atoms with Crippen molar-refractivity contribution < 1.29 is 9.36 Å². The molecule has 1 heterocycles. The smallest absolute Gasteiger partial charge is 0.154 e. The Balaban J connectivity index is 2.96. The quantitative estimate of drug-likeness (QED) is 0.551. The highest BCUT2D eigenvalue weighted by Gasteiger charge is 2.44. The van der Waals surface area contributed by atoms with Crippen LogP contribution in [0.3, 0.4) is 0 Å². The summed E-state index contributed by atoms with van der Waals surface area (Å²) in [4.78, 5) is 10.7. The van der Waals surface area contributed by atoms with Gasteiger partial charge in [-0.05, 0) is 40.5 Å². The van der Waals surface area contributed by atoms with Crippen molar-refractivity contribution in [2.75, 3.05) is 6.16 Å². The van der Waals surface area contributed by atoms with Gasteiger partial charge in [-0.1, -0.05) is 0 Å². The molecule has 94 valence electrons. The molecule has 0 bridgehead atoms. The van der Waals surface area contributed by atoms with Crippen molar-refractivity contribution in [3.05, 3.63) is 0 Å². The third-order valence-electron chi connectivity index (χ3n) is 3.40. The molecule has 0 saturated carbocycles. The van der Waals surface area contributed by atoms with E-state index < -0.39 is 7.29 Å².